The Bertz CT molecular complexity index is 297. The van der Waals surface area contributed by atoms with Crippen LogP contribution in [-0.2, 0) is 9.59 Å². The maximum Gasteiger partial charge on any atom is 0.220 e. The van der Waals surface area contributed by atoms with E-state index in [1.165, 1.54) is 0 Å². The molecule has 0 aromatic carbocycles. The van der Waals surface area contributed by atoms with Crippen molar-refractivity contribution in [3.63, 3.8) is 0 Å². The van der Waals surface area contributed by atoms with Crippen molar-refractivity contribution in [1.82, 2.24) is 20.4 Å². The third-order valence-electron chi connectivity index (χ3n) is 4.31. The summed E-state index contributed by atoms with van der Waals surface area (Å²) in [4.78, 5) is 28.1. The van der Waals surface area contributed by atoms with Crippen LogP contribution >= 0.6 is 0 Å². The van der Waals surface area contributed by atoms with E-state index >= 15 is 0 Å². The smallest absolute Gasteiger partial charge is 0.220 e. The Kier molecular flexibility index (Phi) is 14.7. The number of rotatable bonds is 15. The number of hydrogen-bond acceptors (Lipinski definition) is 4. The number of amides is 2. The van der Waals surface area contributed by atoms with Gasteiger partial charge in [-0.05, 0) is 52.1 Å². The Morgan fingerprint density at radius 2 is 1.00 bits per heavy atom. The molecule has 0 saturated heterocycles. The zero-order chi connectivity index (χ0) is 18.2. The van der Waals surface area contributed by atoms with E-state index in [0.29, 0.717) is 13.1 Å². The van der Waals surface area contributed by atoms with Crippen molar-refractivity contribution in [2.24, 2.45) is 0 Å². The summed E-state index contributed by atoms with van der Waals surface area (Å²) in [5.41, 5.74) is 0. The van der Waals surface area contributed by atoms with Crippen molar-refractivity contribution in [3.05, 3.63) is 0 Å². The SMILES string of the molecule is CCN(CC)CCCNC(=O)CCC(=O)NCCCN(CC)CC. The summed E-state index contributed by atoms with van der Waals surface area (Å²) >= 11 is 0. The molecule has 0 aromatic rings. The highest BCUT2D eigenvalue weighted by Gasteiger charge is 2.07. The van der Waals surface area contributed by atoms with Crippen LogP contribution in [0.4, 0.5) is 0 Å². The lowest BCUT2D eigenvalue weighted by Crippen LogP contribution is -2.32. The number of nitrogens with one attached hydrogen (secondary N) is 2. The fraction of sp³-hybridized carbons (Fsp3) is 0.889. The number of carbonyl (C=O) groups is 2. The molecule has 0 bridgehead atoms. The fourth-order valence-corrected chi connectivity index (χ4v) is 2.54. The second-order valence-electron chi connectivity index (χ2n) is 5.96. The van der Waals surface area contributed by atoms with Gasteiger partial charge in [0, 0.05) is 25.9 Å². The first kappa shape index (κ1) is 22.9. The summed E-state index contributed by atoms with van der Waals surface area (Å²) in [6.07, 6.45) is 2.44. The molecule has 0 unspecified atom stereocenters. The minimum absolute atomic E-state index is 0.0344. The van der Waals surface area contributed by atoms with Gasteiger partial charge in [0.15, 0.2) is 0 Å². The molecular weight excluding hydrogens is 304 g/mol. The Morgan fingerprint density at radius 3 is 1.29 bits per heavy atom. The minimum Gasteiger partial charge on any atom is -0.356 e. The molecule has 0 spiro atoms. The highest BCUT2D eigenvalue weighted by molar-refractivity contribution is 5.83. The molecule has 0 atom stereocenters. The van der Waals surface area contributed by atoms with Crippen LogP contribution in [-0.4, -0.2) is 74.0 Å². The third kappa shape index (κ3) is 12.3. The van der Waals surface area contributed by atoms with E-state index in [1.807, 2.05) is 0 Å². The minimum atomic E-state index is -0.0344. The van der Waals surface area contributed by atoms with E-state index < -0.39 is 0 Å². The molecule has 0 aliphatic heterocycles. The molecule has 2 amide bonds. The van der Waals surface area contributed by atoms with Crippen LogP contribution in [0.25, 0.3) is 0 Å². The number of carbonyl (C=O) groups excluding carboxylic acids is 2. The second kappa shape index (κ2) is 15.4. The molecule has 0 rings (SSSR count). The topological polar surface area (TPSA) is 64.7 Å². The maximum absolute atomic E-state index is 11.7. The van der Waals surface area contributed by atoms with Crippen LogP contribution in [0, 0.1) is 0 Å². The van der Waals surface area contributed by atoms with E-state index in [9.17, 15) is 9.59 Å². The summed E-state index contributed by atoms with van der Waals surface area (Å²) in [7, 11) is 0. The molecule has 0 heterocycles. The fourth-order valence-electron chi connectivity index (χ4n) is 2.54. The van der Waals surface area contributed by atoms with Crippen LogP contribution in [0.5, 0.6) is 0 Å². The van der Waals surface area contributed by atoms with Gasteiger partial charge in [-0.1, -0.05) is 27.7 Å². The van der Waals surface area contributed by atoms with E-state index in [1.54, 1.807) is 0 Å². The van der Waals surface area contributed by atoms with E-state index in [0.717, 1.165) is 52.1 Å². The van der Waals surface area contributed by atoms with Crippen LogP contribution in [0.1, 0.15) is 53.4 Å². The van der Waals surface area contributed by atoms with Gasteiger partial charge in [0.25, 0.3) is 0 Å². The Balaban J connectivity index is 3.59. The lowest BCUT2D eigenvalue weighted by atomic mass is 10.2. The Morgan fingerprint density at radius 1 is 0.667 bits per heavy atom. The van der Waals surface area contributed by atoms with Crippen molar-refractivity contribution >= 4 is 11.8 Å². The van der Waals surface area contributed by atoms with Gasteiger partial charge in [-0.3, -0.25) is 9.59 Å². The van der Waals surface area contributed by atoms with E-state index in [-0.39, 0.29) is 24.7 Å². The van der Waals surface area contributed by atoms with Crippen LogP contribution < -0.4 is 10.6 Å². The van der Waals surface area contributed by atoms with Crippen molar-refractivity contribution in [3.8, 4) is 0 Å². The zero-order valence-electron chi connectivity index (χ0n) is 16.2. The van der Waals surface area contributed by atoms with E-state index in [4.69, 9.17) is 0 Å². The van der Waals surface area contributed by atoms with Crippen molar-refractivity contribution in [2.75, 3.05) is 52.4 Å². The highest BCUT2D eigenvalue weighted by atomic mass is 16.2. The molecular formula is C18H38N4O2. The molecule has 0 aromatic heterocycles. The normalized spacial score (nSPS) is 11.1. The van der Waals surface area contributed by atoms with Gasteiger partial charge in [-0.25, -0.2) is 0 Å². The Labute approximate surface area is 148 Å². The standard InChI is InChI=1S/C18H38N4O2/c1-5-21(6-2)15-9-13-19-17(23)11-12-18(24)20-14-10-16-22(7-3)8-4/h5-16H2,1-4H3,(H,19,23)(H,20,24). The molecule has 0 aliphatic carbocycles. The van der Waals surface area contributed by atoms with Gasteiger partial charge < -0.3 is 20.4 Å². The molecule has 142 valence electrons. The molecule has 24 heavy (non-hydrogen) atoms. The van der Waals surface area contributed by atoms with Crippen molar-refractivity contribution in [2.45, 2.75) is 53.4 Å². The van der Waals surface area contributed by atoms with Gasteiger partial charge in [-0.2, -0.15) is 0 Å². The zero-order valence-corrected chi connectivity index (χ0v) is 16.2. The average Bonchev–Trinajstić information content (AvgIpc) is 2.60. The first-order chi connectivity index (χ1) is 11.6. The lowest BCUT2D eigenvalue weighted by molar-refractivity contribution is -0.126. The predicted octanol–water partition coefficient (Wildman–Crippen LogP) is 1.46. The Hall–Kier alpha value is -1.14. The first-order valence-electron chi connectivity index (χ1n) is 9.55. The van der Waals surface area contributed by atoms with Crippen LogP contribution in [0.2, 0.25) is 0 Å². The number of nitrogens with zero attached hydrogens (tertiary/aromatic N) is 2. The third-order valence-corrected chi connectivity index (χ3v) is 4.31. The average molecular weight is 343 g/mol. The molecule has 6 nitrogen and oxygen atoms in total. The summed E-state index contributed by atoms with van der Waals surface area (Å²) in [6.45, 7) is 16.1. The van der Waals surface area contributed by atoms with Crippen LogP contribution in [0.3, 0.4) is 0 Å². The summed E-state index contributed by atoms with van der Waals surface area (Å²) in [5, 5.41) is 5.77. The van der Waals surface area contributed by atoms with E-state index in [2.05, 4.69) is 48.1 Å². The van der Waals surface area contributed by atoms with Gasteiger partial charge in [0.2, 0.25) is 11.8 Å². The first-order valence-corrected chi connectivity index (χ1v) is 9.55. The highest BCUT2D eigenvalue weighted by Crippen LogP contribution is 1.93. The van der Waals surface area contributed by atoms with Gasteiger partial charge in [-0.15, -0.1) is 0 Å². The van der Waals surface area contributed by atoms with Gasteiger partial charge in [0.1, 0.15) is 0 Å². The van der Waals surface area contributed by atoms with Crippen molar-refractivity contribution < 1.29 is 9.59 Å². The molecule has 6 heteroatoms. The molecule has 2 N–H and O–H groups in total. The quantitative estimate of drug-likeness (QED) is 0.442. The second-order valence-corrected chi connectivity index (χ2v) is 5.96. The monoisotopic (exact) mass is 342 g/mol. The summed E-state index contributed by atoms with van der Waals surface area (Å²) < 4.78 is 0. The van der Waals surface area contributed by atoms with Crippen molar-refractivity contribution in [1.29, 1.82) is 0 Å². The van der Waals surface area contributed by atoms with Gasteiger partial charge in [0.05, 0.1) is 0 Å². The molecule has 0 saturated carbocycles. The number of hydrogen-bond donors (Lipinski definition) is 2. The van der Waals surface area contributed by atoms with Gasteiger partial charge >= 0.3 is 0 Å². The molecule has 0 aliphatic rings. The maximum atomic E-state index is 11.7. The summed E-state index contributed by atoms with van der Waals surface area (Å²) in [5.74, 6) is -0.0688. The largest absolute Gasteiger partial charge is 0.356 e. The molecule has 0 radical (unpaired) electrons. The lowest BCUT2D eigenvalue weighted by Gasteiger charge is -2.18. The van der Waals surface area contributed by atoms with Crippen LogP contribution in [0.15, 0.2) is 0 Å². The molecule has 0 fully saturated rings. The predicted molar refractivity (Wildman–Crippen MR) is 100 cm³/mol. The summed E-state index contributed by atoms with van der Waals surface area (Å²) in [6, 6.07) is 0.